The standard InChI is InChI=1S/C9H7IN2S2/c1-4-11-5-2-8-6(3-7(5)13-4)12-9(10)14-8/h2-4,11H,1H3. The van der Waals surface area contributed by atoms with Crippen molar-refractivity contribution in [1.29, 1.82) is 0 Å². The van der Waals surface area contributed by atoms with Gasteiger partial charge in [-0.3, -0.25) is 0 Å². The first kappa shape index (κ1) is 9.23. The first-order chi connectivity index (χ1) is 6.72. The van der Waals surface area contributed by atoms with Crippen LogP contribution < -0.4 is 5.32 Å². The lowest BCUT2D eigenvalue weighted by atomic mass is 10.3. The molecule has 1 unspecified atom stereocenters. The summed E-state index contributed by atoms with van der Waals surface area (Å²) in [5.74, 6) is 0. The molecule has 0 radical (unpaired) electrons. The molecule has 1 N–H and O–H groups in total. The Bertz CT molecular complexity index is 466. The zero-order chi connectivity index (χ0) is 9.71. The smallest absolute Gasteiger partial charge is 0.155 e. The van der Waals surface area contributed by atoms with E-state index in [1.165, 1.54) is 15.3 Å². The Morgan fingerprint density at radius 3 is 3.21 bits per heavy atom. The predicted octanol–water partition coefficient (Wildman–Crippen LogP) is 3.76. The number of nitrogens with one attached hydrogen (secondary N) is 1. The summed E-state index contributed by atoms with van der Waals surface area (Å²) in [7, 11) is 0. The highest BCUT2D eigenvalue weighted by atomic mass is 127. The summed E-state index contributed by atoms with van der Waals surface area (Å²) in [6, 6.07) is 4.39. The van der Waals surface area contributed by atoms with Gasteiger partial charge >= 0.3 is 0 Å². The van der Waals surface area contributed by atoms with Crippen LogP contribution in [0, 0.1) is 3.01 Å². The molecule has 72 valence electrons. The number of aromatic nitrogens is 1. The second kappa shape index (κ2) is 3.24. The van der Waals surface area contributed by atoms with Crippen molar-refractivity contribution in [2.75, 3.05) is 5.32 Å². The molecule has 0 aliphatic carbocycles. The Labute approximate surface area is 104 Å². The van der Waals surface area contributed by atoms with Crippen molar-refractivity contribution in [2.24, 2.45) is 0 Å². The van der Waals surface area contributed by atoms with Crippen molar-refractivity contribution in [1.82, 2.24) is 4.98 Å². The second-order valence-electron chi connectivity index (χ2n) is 3.19. The van der Waals surface area contributed by atoms with Crippen LogP contribution in [0.5, 0.6) is 0 Å². The molecule has 0 saturated carbocycles. The molecule has 1 aliphatic heterocycles. The van der Waals surface area contributed by atoms with Crippen LogP contribution in [-0.2, 0) is 0 Å². The maximum Gasteiger partial charge on any atom is 0.155 e. The van der Waals surface area contributed by atoms with Crippen molar-refractivity contribution < 1.29 is 0 Å². The minimum atomic E-state index is 0.487. The van der Waals surface area contributed by atoms with Crippen molar-refractivity contribution in [3.05, 3.63) is 15.1 Å². The fraction of sp³-hybridized carbons (Fsp3) is 0.222. The SMILES string of the molecule is CC1Nc2cc3sc(I)nc3cc2S1. The van der Waals surface area contributed by atoms with Crippen LogP contribution in [0.2, 0.25) is 0 Å². The van der Waals surface area contributed by atoms with Gasteiger partial charge in [0.1, 0.15) is 0 Å². The molecule has 1 aliphatic rings. The topological polar surface area (TPSA) is 24.9 Å². The first-order valence-corrected chi connectivity index (χ1v) is 7.03. The number of hydrogen-bond acceptors (Lipinski definition) is 4. The number of nitrogens with zero attached hydrogens (tertiary/aromatic N) is 1. The van der Waals surface area contributed by atoms with E-state index in [1.807, 2.05) is 11.8 Å². The molecule has 0 fully saturated rings. The summed E-state index contributed by atoms with van der Waals surface area (Å²) >= 11 is 5.88. The number of rotatable bonds is 0. The molecule has 5 heteroatoms. The Morgan fingerprint density at radius 1 is 1.50 bits per heavy atom. The molecule has 0 spiro atoms. The normalized spacial score (nSPS) is 19.7. The predicted molar refractivity (Wildman–Crippen MR) is 71.3 cm³/mol. The fourth-order valence-electron chi connectivity index (χ4n) is 1.58. The molecule has 1 aromatic heterocycles. The highest BCUT2D eigenvalue weighted by Crippen LogP contribution is 2.41. The summed E-state index contributed by atoms with van der Waals surface area (Å²) in [6.45, 7) is 2.18. The quantitative estimate of drug-likeness (QED) is 0.743. The Hall–Kier alpha value is -0.0100. The summed E-state index contributed by atoms with van der Waals surface area (Å²) in [5.41, 5.74) is 2.39. The molecule has 3 rings (SSSR count). The minimum Gasteiger partial charge on any atom is -0.372 e. The third-order valence-electron chi connectivity index (χ3n) is 2.13. The first-order valence-electron chi connectivity index (χ1n) is 4.25. The van der Waals surface area contributed by atoms with Gasteiger partial charge in [0.2, 0.25) is 0 Å². The molecule has 0 bridgehead atoms. The number of benzene rings is 1. The van der Waals surface area contributed by atoms with E-state index in [0.29, 0.717) is 5.37 Å². The zero-order valence-electron chi connectivity index (χ0n) is 7.37. The van der Waals surface area contributed by atoms with Crippen molar-refractivity contribution in [3.63, 3.8) is 0 Å². The molecular formula is C9H7IN2S2. The number of halogens is 1. The molecule has 2 aromatic rings. The van der Waals surface area contributed by atoms with Gasteiger partial charge in [0.05, 0.1) is 21.3 Å². The fourth-order valence-corrected chi connectivity index (χ4v) is 4.25. The number of thioether (sulfide) groups is 1. The van der Waals surface area contributed by atoms with Crippen LogP contribution >= 0.6 is 45.7 Å². The summed E-state index contributed by atoms with van der Waals surface area (Å²) in [4.78, 5) is 5.81. The maximum absolute atomic E-state index is 4.48. The maximum atomic E-state index is 4.48. The Kier molecular flexibility index (Phi) is 2.14. The van der Waals surface area contributed by atoms with E-state index in [2.05, 4.69) is 51.9 Å². The third kappa shape index (κ3) is 1.42. The molecule has 1 atom stereocenters. The zero-order valence-corrected chi connectivity index (χ0v) is 11.2. The van der Waals surface area contributed by atoms with Gasteiger partial charge in [-0.25, -0.2) is 4.98 Å². The van der Waals surface area contributed by atoms with Gasteiger partial charge in [0.25, 0.3) is 0 Å². The van der Waals surface area contributed by atoms with Crippen LogP contribution in [0.15, 0.2) is 17.0 Å². The van der Waals surface area contributed by atoms with E-state index < -0.39 is 0 Å². The van der Waals surface area contributed by atoms with E-state index in [0.717, 1.165) is 8.53 Å². The van der Waals surface area contributed by atoms with Gasteiger partial charge in [-0.05, 0) is 41.6 Å². The van der Waals surface area contributed by atoms with E-state index in [1.54, 1.807) is 11.3 Å². The lowest BCUT2D eigenvalue weighted by Gasteiger charge is -1.99. The largest absolute Gasteiger partial charge is 0.372 e. The molecule has 0 amide bonds. The van der Waals surface area contributed by atoms with Crippen molar-refractivity contribution in [2.45, 2.75) is 17.2 Å². The molecule has 14 heavy (non-hydrogen) atoms. The van der Waals surface area contributed by atoms with Gasteiger partial charge in [0, 0.05) is 4.90 Å². The lowest BCUT2D eigenvalue weighted by molar-refractivity contribution is 1.15. The van der Waals surface area contributed by atoms with Crippen LogP contribution in [0.3, 0.4) is 0 Å². The highest BCUT2D eigenvalue weighted by Gasteiger charge is 2.18. The van der Waals surface area contributed by atoms with Crippen LogP contribution in [0.25, 0.3) is 10.2 Å². The third-order valence-corrected chi connectivity index (χ3v) is 4.90. The van der Waals surface area contributed by atoms with Gasteiger partial charge in [-0.1, -0.05) is 11.8 Å². The van der Waals surface area contributed by atoms with Crippen LogP contribution in [0.4, 0.5) is 5.69 Å². The number of fused-ring (bicyclic) bond motifs is 2. The Balaban J connectivity index is 2.25. The molecular weight excluding hydrogens is 327 g/mol. The van der Waals surface area contributed by atoms with Crippen LogP contribution in [-0.4, -0.2) is 10.4 Å². The van der Waals surface area contributed by atoms with Crippen molar-refractivity contribution >= 4 is 61.6 Å². The number of hydrogen-bond donors (Lipinski definition) is 1. The van der Waals surface area contributed by atoms with Crippen molar-refractivity contribution in [3.8, 4) is 0 Å². The number of thiazole rings is 1. The summed E-state index contributed by atoms with van der Waals surface area (Å²) in [6.07, 6.45) is 0. The molecule has 2 heterocycles. The van der Waals surface area contributed by atoms with Gasteiger partial charge in [-0.15, -0.1) is 11.3 Å². The van der Waals surface area contributed by atoms with Crippen LogP contribution in [0.1, 0.15) is 6.92 Å². The van der Waals surface area contributed by atoms with E-state index >= 15 is 0 Å². The Morgan fingerprint density at radius 2 is 2.36 bits per heavy atom. The van der Waals surface area contributed by atoms with Gasteiger partial charge in [-0.2, -0.15) is 0 Å². The average molecular weight is 334 g/mol. The second-order valence-corrected chi connectivity index (χ2v) is 7.35. The molecule has 2 nitrogen and oxygen atoms in total. The molecule has 1 aromatic carbocycles. The van der Waals surface area contributed by atoms with E-state index in [4.69, 9.17) is 0 Å². The minimum absolute atomic E-state index is 0.487. The average Bonchev–Trinajstić information content (AvgIpc) is 2.59. The van der Waals surface area contributed by atoms with Gasteiger partial charge < -0.3 is 5.32 Å². The van der Waals surface area contributed by atoms with E-state index in [9.17, 15) is 0 Å². The summed E-state index contributed by atoms with van der Waals surface area (Å²) in [5, 5.41) is 3.92. The number of anilines is 1. The summed E-state index contributed by atoms with van der Waals surface area (Å²) < 4.78 is 2.38. The molecule has 0 saturated heterocycles. The highest BCUT2D eigenvalue weighted by molar-refractivity contribution is 14.1. The lowest BCUT2D eigenvalue weighted by Crippen LogP contribution is -2.02. The van der Waals surface area contributed by atoms with Gasteiger partial charge in [0.15, 0.2) is 3.01 Å². The van der Waals surface area contributed by atoms with E-state index in [-0.39, 0.29) is 0 Å². The monoisotopic (exact) mass is 334 g/mol.